The molecular formula is C25H22N6O2. The molecule has 0 saturated carbocycles. The zero-order valence-electron chi connectivity index (χ0n) is 17.9. The molecule has 4 heterocycles. The van der Waals surface area contributed by atoms with E-state index in [0.29, 0.717) is 54.7 Å². The molecule has 0 bridgehead atoms. The Morgan fingerprint density at radius 1 is 0.758 bits per heavy atom. The molecule has 164 valence electrons. The highest BCUT2D eigenvalue weighted by Gasteiger charge is 2.43. The van der Waals surface area contributed by atoms with Crippen molar-refractivity contribution in [2.45, 2.75) is 0 Å². The second-order valence-electron chi connectivity index (χ2n) is 8.79. The van der Waals surface area contributed by atoms with Gasteiger partial charge in [-0.25, -0.2) is 0 Å². The number of aromatic amines is 1. The van der Waals surface area contributed by atoms with Crippen LogP contribution in [0.3, 0.4) is 0 Å². The summed E-state index contributed by atoms with van der Waals surface area (Å²) in [4.78, 5) is 34.1. The summed E-state index contributed by atoms with van der Waals surface area (Å²) in [6, 6.07) is 17.0. The average molecular weight is 438 g/mol. The maximum atomic E-state index is 13.1. The van der Waals surface area contributed by atoms with Gasteiger partial charge in [0.25, 0.3) is 11.8 Å². The molecule has 8 nitrogen and oxygen atoms in total. The number of H-pyrrole nitrogens is 1. The highest BCUT2D eigenvalue weighted by molar-refractivity contribution is 5.97. The molecule has 2 aliphatic rings. The van der Waals surface area contributed by atoms with Crippen LogP contribution in [-0.4, -0.2) is 68.2 Å². The maximum Gasteiger partial charge on any atom is 0.253 e. The number of benzene rings is 2. The normalized spacial score (nSPS) is 19.8. The number of aromatic nitrogens is 4. The van der Waals surface area contributed by atoms with Crippen LogP contribution in [0, 0.1) is 11.8 Å². The number of amides is 2. The monoisotopic (exact) mass is 438 g/mol. The third-order valence-corrected chi connectivity index (χ3v) is 6.75. The summed E-state index contributed by atoms with van der Waals surface area (Å²) in [6.45, 7) is 2.70. The van der Waals surface area contributed by atoms with Crippen LogP contribution in [0.4, 0.5) is 0 Å². The first-order chi connectivity index (χ1) is 16.2. The molecule has 2 aliphatic heterocycles. The summed E-state index contributed by atoms with van der Waals surface area (Å²) in [7, 11) is 0. The average Bonchev–Trinajstić information content (AvgIpc) is 3.58. The van der Waals surface area contributed by atoms with Crippen molar-refractivity contribution in [2.75, 3.05) is 26.2 Å². The molecule has 0 unspecified atom stereocenters. The van der Waals surface area contributed by atoms with Crippen molar-refractivity contribution in [1.82, 2.24) is 30.2 Å². The Bertz CT molecular complexity index is 1320. The number of fused-ring (bicyclic) bond motifs is 2. The second-order valence-corrected chi connectivity index (χ2v) is 8.79. The van der Waals surface area contributed by atoms with Crippen LogP contribution >= 0.6 is 0 Å². The zero-order chi connectivity index (χ0) is 22.4. The van der Waals surface area contributed by atoms with Crippen molar-refractivity contribution in [2.24, 2.45) is 11.8 Å². The van der Waals surface area contributed by atoms with Gasteiger partial charge in [0, 0.05) is 61.5 Å². The van der Waals surface area contributed by atoms with E-state index in [0.717, 1.165) is 16.6 Å². The van der Waals surface area contributed by atoms with E-state index in [2.05, 4.69) is 20.4 Å². The zero-order valence-corrected chi connectivity index (χ0v) is 17.9. The first-order valence-electron chi connectivity index (χ1n) is 11.1. The number of nitrogens with zero attached hydrogens (tertiary/aromatic N) is 5. The Balaban J connectivity index is 1.10. The third kappa shape index (κ3) is 3.53. The minimum atomic E-state index is 0.0122. The van der Waals surface area contributed by atoms with E-state index in [4.69, 9.17) is 0 Å². The standard InChI is InChI=1S/C25H22N6O2/c32-24(17-5-3-16(4-6-17)19-2-1-9-26-11-19)30-12-20-14-31(15-21(20)13-30)25(33)18-7-8-22-23(10-18)28-29-27-22/h1-11,20-21H,12-15H2,(H,27,28,29)/t20-,21-/m0/s1. The third-order valence-electron chi connectivity index (χ3n) is 6.75. The van der Waals surface area contributed by atoms with Crippen molar-refractivity contribution in [3.8, 4) is 11.1 Å². The van der Waals surface area contributed by atoms with E-state index in [1.165, 1.54) is 0 Å². The Morgan fingerprint density at radius 2 is 1.39 bits per heavy atom. The summed E-state index contributed by atoms with van der Waals surface area (Å²) in [5.74, 6) is 0.682. The number of nitrogens with one attached hydrogen (secondary N) is 1. The highest BCUT2D eigenvalue weighted by Crippen LogP contribution is 2.33. The topological polar surface area (TPSA) is 95.1 Å². The van der Waals surface area contributed by atoms with Crippen molar-refractivity contribution in [3.05, 3.63) is 78.1 Å². The minimum Gasteiger partial charge on any atom is -0.338 e. The molecule has 6 rings (SSSR count). The van der Waals surface area contributed by atoms with E-state index in [-0.39, 0.29) is 11.8 Å². The lowest BCUT2D eigenvalue weighted by Crippen LogP contribution is -2.35. The number of rotatable bonds is 3. The summed E-state index contributed by atoms with van der Waals surface area (Å²) >= 11 is 0. The number of pyridine rings is 1. The number of hydrogen-bond donors (Lipinski definition) is 1. The second kappa shape index (κ2) is 7.81. The van der Waals surface area contributed by atoms with E-state index in [9.17, 15) is 9.59 Å². The van der Waals surface area contributed by atoms with Gasteiger partial charge in [0.1, 0.15) is 11.0 Å². The number of carbonyl (C=O) groups excluding carboxylic acids is 2. The van der Waals surface area contributed by atoms with Gasteiger partial charge in [0.15, 0.2) is 0 Å². The molecule has 2 saturated heterocycles. The lowest BCUT2D eigenvalue weighted by molar-refractivity contribution is 0.0738. The first kappa shape index (κ1) is 19.6. The van der Waals surface area contributed by atoms with E-state index >= 15 is 0 Å². The summed E-state index contributed by atoms with van der Waals surface area (Å²) in [5.41, 5.74) is 4.81. The van der Waals surface area contributed by atoms with Gasteiger partial charge in [-0.2, -0.15) is 15.4 Å². The number of likely N-dealkylation sites (tertiary alicyclic amines) is 2. The van der Waals surface area contributed by atoms with Crippen LogP contribution in [-0.2, 0) is 0 Å². The highest BCUT2D eigenvalue weighted by atomic mass is 16.2. The Labute approximate surface area is 190 Å². The number of hydrogen-bond acceptors (Lipinski definition) is 5. The van der Waals surface area contributed by atoms with Crippen LogP contribution in [0.25, 0.3) is 22.2 Å². The molecule has 33 heavy (non-hydrogen) atoms. The lowest BCUT2D eigenvalue weighted by Gasteiger charge is -2.22. The molecule has 0 aliphatic carbocycles. The smallest absolute Gasteiger partial charge is 0.253 e. The van der Waals surface area contributed by atoms with Gasteiger partial charge >= 0.3 is 0 Å². The predicted octanol–water partition coefficient (Wildman–Crippen LogP) is 2.86. The predicted molar refractivity (Wildman–Crippen MR) is 122 cm³/mol. The fourth-order valence-corrected chi connectivity index (χ4v) is 5.00. The maximum absolute atomic E-state index is 13.1. The van der Waals surface area contributed by atoms with Gasteiger partial charge in [-0.3, -0.25) is 14.6 Å². The van der Waals surface area contributed by atoms with Gasteiger partial charge in [0.2, 0.25) is 0 Å². The van der Waals surface area contributed by atoms with E-state index < -0.39 is 0 Å². The molecular weight excluding hydrogens is 416 g/mol. The molecule has 4 aromatic rings. The summed E-state index contributed by atoms with van der Waals surface area (Å²) < 4.78 is 0. The van der Waals surface area contributed by atoms with E-state index in [1.807, 2.05) is 58.5 Å². The van der Waals surface area contributed by atoms with Crippen LogP contribution < -0.4 is 0 Å². The molecule has 0 radical (unpaired) electrons. The molecule has 1 N–H and O–H groups in total. The van der Waals surface area contributed by atoms with Crippen molar-refractivity contribution in [3.63, 3.8) is 0 Å². The lowest BCUT2D eigenvalue weighted by atomic mass is 10.0. The first-order valence-corrected chi connectivity index (χ1v) is 11.1. The Hall–Kier alpha value is -4.07. The van der Waals surface area contributed by atoms with Gasteiger partial charge < -0.3 is 9.80 Å². The van der Waals surface area contributed by atoms with Crippen molar-refractivity contribution < 1.29 is 9.59 Å². The Morgan fingerprint density at radius 3 is 2.06 bits per heavy atom. The fourth-order valence-electron chi connectivity index (χ4n) is 5.00. The van der Waals surface area contributed by atoms with Crippen LogP contribution in [0.2, 0.25) is 0 Å². The molecule has 2 amide bonds. The SMILES string of the molecule is O=C(c1ccc(-c2cccnc2)cc1)N1C[C@H]2CN(C(=O)c3ccc4n[nH]nc4c3)C[C@@H]2C1. The number of carbonyl (C=O) groups is 2. The van der Waals surface area contributed by atoms with Crippen molar-refractivity contribution >= 4 is 22.8 Å². The van der Waals surface area contributed by atoms with Crippen molar-refractivity contribution in [1.29, 1.82) is 0 Å². The fraction of sp³-hybridized carbons (Fsp3) is 0.240. The Kier molecular flexibility index (Phi) is 4.64. The minimum absolute atomic E-state index is 0.0122. The van der Waals surface area contributed by atoms with Crippen LogP contribution in [0.5, 0.6) is 0 Å². The summed E-state index contributed by atoms with van der Waals surface area (Å²) in [6.07, 6.45) is 3.56. The largest absolute Gasteiger partial charge is 0.338 e. The molecule has 2 aromatic heterocycles. The quantitative estimate of drug-likeness (QED) is 0.531. The molecule has 2 aromatic carbocycles. The van der Waals surface area contributed by atoms with Crippen LogP contribution in [0.1, 0.15) is 20.7 Å². The molecule has 2 atom stereocenters. The van der Waals surface area contributed by atoms with Gasteiger partial charge in [-0.15, -0.1) is 0 Å². The molecule has 0 spiro atoms. The molecule has 2 fully saturated rings. The van der Waals surface area contributed by atoms with Gasteiger partial charge in [-0.05, 0) is 47.5 Å². The summed E-state index contributed by atoms with van der Waals surface area (Å²) in [5, 5.41) is 10.7. The van der Waals surface area contributed by atoms with Crippen LogP contribution in [0.15, 0.2) is 67.0 Å². The van der Waals surface area contributed by atoms with Gasteiger partial charge in [-0.1, -0.05) is 18.2 Å². The molecule has 8 heteroatoms. The van der Waals surface area contributed by atoms with Gasteiger partial charge in [0.05, 0.1) is 0 Å². The van der Waals surface area contributed by atoms with E-state index in [1.54, 1.807) is 18.3 Å².